The van der Waals surface area contributed by atoms with Gasteiger partial charge in [0.2, 0.25) is 0 Å². The van der Waals surface area contributed by atoms with Crippen molar-refractivity contribution >= 4 is 11.3 Å². The molecule has 0 aliphatic carbocycles. The minimum absolute atomic E-state index is 0.178. The molecule has 0 amide bonds. The summed E-state index contributed by atoms with van der Waals surface area (Å²) in [6, 6.07) is 10.5. The first kappa shape index (κ1) is 14.9. The van der Waals surface area contributed by atoms with Gasteiger partial charge in [0.05, 0.1) is 19.3 Å². The van der Waals surface area contributed by atoms with E-state index in [0.29, 0.717) is 0 Å². The smallest absolute Gasteiger partial charge is 0.129 e. The number of ether oxygens (including phenoxy) is 2. The molecule has 0 aliphatic rings. The minimum atomic E-state index is 0.178. The maximum absolute atomic E-state index is 5.67. The van der Waals surface area contributed by atoms with Crippen LogP contribution in [0.15, 0.2) is 35.7 Å². The Kier molecular flexibility index (Phi) is 5.04. The van der Waals surface area contributed by atoms with E-state index < -0.39 is 0 Å². The molecule has 20 heavy (non-hydrogen) atoms. The van der Waals surface area contributed by atoms with Crippen LogP contribution in [0.5, 0.6) is 11.5 Å². The summed E-state index contributed by atoms with van der Waals surface area (Å²) in [5.41, 5.74) is 1.22. The van der Waals surface area contributed by atoms with E-state index in [9.17, 15) is 0 Å². The van der Waals surface area contributed by atoms with Gasteiger partial charge in [-0.3, -0.25) is 0 Å². The Morgan fingerprint density at radius 3 is 2.30 bits per heavy atom. The van der Waals surface area contributed by atoms with E-state index in [1.165, 1.54) is 10.4 Å². The zero-order valence-corrected chi connectivity index (χ0v) is 13.2. The molecular weight excluding hydrogens is 270 g/mol. The average molecular weight is 291 g/mol. The number of nitrogens with one attached hydrogen (secondary N) is 1. The van der Waals surface area contributed by atoms with Crippen molar-refractivity contribution in [3.8, 4) is 11.5 Å². The molecule has 0 fully saturated rings. The lowest BCUT2D eigenvalue weighted by atomic mass is 10.1. The Morgan fingerprint density at radius 2 is 1.80 bits per heavy atom. The van der Waals surface area contributed by atoms with E-state index in [4.69, 9.17) is 9.47 Å². The van der Waals surface area contributed by atoms with Crippen molar-refractivity contribution in [2.24, 2.45) is 0 Å². The SMILES string of the molecule is CNC(c1ccc(OC(C)C)cc1)c1cc(OC)cs1. The Labute approximate surface area is 124 Å². The highest BCUT2D eigenvalue weighted by Crippen LogP contribution is 2.31. The van der Waals surface area contributed by atoms with Crippen LogP contribution in [0.2, 0.25) is 0 Å². The second-order valence-electron chi connectivity index (χ2n) is 4.85. The first-order valence-corrected chi connectivity index (χ1v) is 7.58. The zero-order chi connectivity index (χ0) is 14.5. The number of rotatable bonds is 6. The molecule has 0 bridgehead atoms. The third-order valence-electron chi connectivity index (χ3n) is 2.99. The third-order valence-corrected chi connectivity index (χ3v) is 3.97. The van der Waals surface area contributed by atoms with Crippen LogP contribution in [-0.4, -0.2) is 20.3 Å². The van der Waals surface area contributed by atoms with Crippen LogP contribution in [0.25, 0.3) is 0 Å². The second-order valence-corrected chi connectivity index (χ2v) is 5.79. The molecule has 0 saturated carbocycles. The van der Waals surface area contributed by atoms with Crippen LogP contribution >= 0.6 is 11.3 Å². The molecule has 0 aliphatic heterocycles. The fourth-order valence-electron chi connectivity index (χ4n) is 2.08. The molecule has 0 spiro atoms. The highest BCUT2D eigenvalue weighted by molar-refractivity contribution is 7.10. The van der Waals surface area contributed by atoms with Crippen LogP contribution in [0, 0.1) is 0 Å². The fraction of sp³-hybridized carbons (Fsp3) is 0.375. The van der Waals surface area contributed by atoms with Crippen LogP contribution in [0.1, 0.15) is 30.3 Å². The van der Waals surface area contributed by atoms with E-state index in [2.05, 4.69) is 23.5 Å². The van der Waals surface area contributed by atoms with Gasteiger partial charge in [0.25, 0.3) is 0 Å². The highest BCUT2D eigenvalue weighted by Gasteiger charge is 2.14. The van der Waals surface area contributed by atoms with E-state index in [1.54, 1.807) is 18.4 Å². The van der Waals surface area contributed by atoms with Crippen molar-refractivity contribution in [1.82, 2.24) is 5.32 Å². The zero-order valence-electron chi connectivity index (χ0n) is 12.3. The average Bonchev–Trinajstić information content (AvgIpc) is 2.90. The lowest BCUT2D eigenvalue weighted by Gasteiger charge is -2.16. The number of thiophene rings is 1. The van der Waals surface area contributed by atoms with Gasteiger partial charge in [0.15, 0.2) is 0 Å². The molecule has 1 aromatic carbocycles. The fourth-order valence-corrected chi connectivity index (χ4v) is 3.07. The second kappa shape index (κ2) is 6.77. The molecule has 2 aromatic rings. The van der Waals surface area contributed by atoms with E-state index in [-0.39, 0.29) is 12.1 Å². The van der Waals surface area contributed by atoms with E-state index in [0.717, 1.165) is 11.5 Å². The van der Waals surface area contributed by atoms with Gasteiger partial charge in [-0.25, -0.2) is 0 Å². The van der Waals surface area contributed by atoms with E-state index in [1.807, 2.05) is 38.4 Å². The monoisotopic (exact) mass is 291 g/mol. The minimum Gasteiger partial charge on any atom is -0.496 e. The maximum atomic E-state index is 5.67. The van der Waals surface area contributed by atoms with Gasteiger partial charge in [-0.2, -0.15) is 0 Å². The first-order chi connectivity index (χ1) is 9.63. The molecule has 3 nitrogen and oxygen atoms in total. The lowest BCUT2D eigenvalue weighted by Crippen LogP contribution is -2.16. The largest absolute Gasteiger partial charge is 0.496 e. The van der Waals surface area contributed by atoms with Crippen LogP contribution in [0.4, 0.5) is 0 Å². The maximum Gasteiger partial charge on any atom is 0.129 e. The van der Waals surface area contributed by atoms with Crippen molar-refractivity contribution in [3.63, 3.8) is 0 Å². The van der Waals surface area contributed by atoms with Crippen LogP contribution in [-0.2, 0) is 0 Å². The molecule has 0 radical (unpaired) electrons. The van der Waals surface area contributed by atoms with Gasteiger partial charge < -0.3 is 14.8 Å². The molecule has 1 unspecified atom stereocenters. The molecule has 0 saturated heterocycles. The molecule has 1 aromatic heterocycles. The van der Waals surface area contributed by atoms with Crippen LogP contribution < -0.4 is 14.8 Å². The van der Waals surface area contributed by atoms with Gasteiger partial charge in [-0.15, -0.1) is 11.3 Å². The molecule has 1 N–H and O–H groups in total. The Balaban J connectivity index is 2.18. The number of benzene rings is 1. The predicted molar refractivity (Wildman–Crippen MR) is 84.0 cm³/mol. The van der Waals surface area contributed by atoms with Gasteiger partial charge in [0, 0.05) is 10.3 Å². The summed E-state index contributed by atoms with van der Waals surface area (Å²) in [6.07, 6.45) is 0.197. The Morgan fingerprint density at radius 1 is 1.10 bits per heavy atom. The number of methoxy groups -OCH3 is 1. The van der Waals surface area contributed by atoms with Crippen molar-refractivity contribution in [3.05, 3.63) is 46.2 Å². The summed E-state index contributed by atoms with van der Waals surface area (Å²) in [5.74, 6) is 1.81. The van der Waals surface area contributed by atoms with E-state index >= 15 is 0 Å². The van der Waals surface area contributed by atoms with Crippen LogP contribution in [0.3, 0.4) is 0 Å². The summed E-state index contributed by atoms with van der Waals surface area (Å²) in [6.45, 7) is 4.06. The summed E-state index contributed by atoms with van der Waals surface area (Å²) >= 11 is 1.70. The topological polar surface area (TPSA) is 30.5 Å². The summed E-state index contributed by atoms with van der Waals surface area (Å²) in [5, 5.41) is 5.37. The van der Waals surface area contributed by atoms with Crippen molar-refractivity contribution in [2.75, 3.05) is 14.2 Å². The van der Waals surface area contributed by atoms with Gasteiger partial charge in [-0.1, -0.05) is 12.1 Å². The Hall–Kier alpha value is -1.52. The first-order valence-electron chi connectivity index (χ1n) is 6.70. The predicted octanol–water partition coefficient (Wildman–Crippen LogP) is 3.85. The molecule has 4 heteroatoms. The molecule has 1 atom stereocenters. The standard InChI is InChI=1S/C16H21NO2S/c1-11(2)19-13-7-5-12(6-8-13)16(17-3)15-9-14(18-4)10-20-15/h5-11,16-17H,1-4H3. The molecule has 2 rings (SSSR count). The number of hydrogen-bond donors (Lipinski definition) is 1. The lowest BCUT2D eigenvalue weighted by molar-refractivity contribution is 0.242. The normalized spacial score (nSPS) is 12.4. The quantitative estimate of drug-likeness (QED) is 0.877. The molecule has 108 valence electrons. The third kappa shape index (κ3) is 3.52. The summed E-state index contributed by atoms with van der Waals surface area (Å²) < 4.78 is 10.9. The summed E-state index contributed by atoms with van der Waals surface area (Å²) in [4.78, 5) is 1.24. The highest BCUT2D eigenvalue weighted by atomic mass is 32.1. The van der Waals surface area contributed by atoms with Gasteiger partial charge in [-0.05, 0) is 44.7 Å². The van der Waals surface area contributed by atoms with Gasteiger partial charge >= 0.3 is 0 Å². The number of hydrogen-bond acceptors (Lipinski definition) is 4. The van der Waals surface area contributed by atoms with Crippen molar-refractivity contribution in [1.29, 1.82) is 0 Å². The Bertz CT molecular complexity index is 534. The van der Waals surface area contributed by atoms with Gasteiger partial charge in [0.1, 0.15) is 11.5 Å². The molecule has 1 heterocycles. The van der Waals surface area contributed by atoms with Crippen molar-refractivity contribution < 1.29 is 9.47 Å². The molecular formula is C16H21NO2S. The van der Waals surface area contributed by atoms with Crippen molar-refractivity contribution in [2.45, 2.75) is 26.0 Å². The summed E-state index contributed by atoms with van der Waals surface area (Å²) in [7, 11) is 3.66.